The van der Waals surface area contributed by atoms with Crippen LogP contribution in [0.4, 0.5) is 5.69 Å². The summed E-state index contributed by atoms with van der Waals surface area (Å²) in [5.41, 5.74) is 1.52. The smallest absolute Gasteiger partial charge is 0.265 e. The molecule has 0 spiro atoms. The predicted octanol–water partition coefficient (Wildman–Crippen LogP) is 2.41. The van der Waals surface area contributed by atoms with Gasteiger partial charge in [-0.15, -0.1) is 11.3 Å². The Labute approximate surface area is 172 Å². The van der Waals surface area contributed by atoms with E-state index in [0.29, 0.717) is 15.4 Å². The van der Waals surface area contributed by atoms with E-state index in [1.165, 1.54) is 17.7 Å². The van der Waals surface area contributed by atoms with Crippen molar-refractivity contribution in [2.24, 2.45) is 0 Å². The molecule has 2 amide bonds. The molecule has 0 bridgehead atoms. The van der Waals surface area contributed by atoms with Gasteiger partial charge in [0, 0.05) is 11.7 Å². The van der Waals surface area contributed by atoms with Crippen molar-refractivity contribution in [3.63, 3.8) is 0 Å². The summed E-state index contributed by atoms with van der Waals surface area (Å²) < 4.78 is 1.64. The van der Waals surface area contributed by atoms with Crippen LogP contribution in [0, 0.1) is 0 Å². The van der Waals surface area contributed by atoms with Crippen molar-refractivity contribution in [2.75, 3.05) is 25.5 Å². The van der Waals surface area contributed by atoms with E-state index in [4.69, 9.17) is 0 Å². The molecule has 8 nitrogen and oxygen atoms in total. The summed E-state index contributed by atoms with van der Waals surface area (Å²) in [5.74, 6) is -0.345. The van der Waals surface area contributed by atoms with Crippen LogP contribution < -0.4 is 10.6 Å². The normalized spacial score (nSPS) is 15.2. The molecule has 4 rings (SSSR count). The summed E-state index contributed by atoms with van der Waals surface area (Å²) >= 11 is 1.20. The summed E-state index contributed by atoms with van der Waals surface area (Å²) in [6.45, 7) is 1.97. The molecule has 2 N–H and O–H groups in total. The van der Waals surface area contributed by atoms with Gasteiger partial charge in [-0.1, -0.05) is 0 Å². The standard InChI is InChI=1S/C20H22N6O2S/c1-25-10-8-15(9-11-25)24-20(28)18-7-6-17(29-18)19(27)23-14-2-4-16(5-3-14)26-13-21-12-22-26/h2-7,12-13,15H,8-11H2,1H3,(H,23,27)(H,24,28). The number of anilines is 1. The number of benzene rings is 1. The van der Waals surface area contributed by atoms with Crippen LogP contribution in [0.5, 0.6) is 0 Å². The molecule has 0 atom stereocenters. The minimum atomic E-state index is -0.234. The molecular weight excluding hydrogens is 388 g/mol. The van der Waals surface area contributed by atoms with Gasteiger partial charge in [-0.25, -0.2) is 9.67 Å². The molecule has 1 saturated heterocycles. The third kappa shape index (κ3) is 4.69. The molecule has 3 aromatic rings. The number of piperidine rings is 1. The number of nitrogens with zero attached hydrogens (tertiary/aromatic N) is 4. The van der Waals surface area contributed by atoms with E-state index in [-0.39, 0.29) is 17.9 Å². The van der Waals surface area contributed by atoms with Crippen LogP contribution in [0.1, 0.15) is 32.2 Å². The van der Waals surface area contributed by atoms with Crippen LogP contribution in [0.2, 0.25) is 0 Å². The topological polar surface area (TPSA) is 92.2 Å². The third-order valence-corrected chi connectivity index (χ3v) is 6.00. The fourth-order valence-corrected chi connectivity index (χ4v) is 4.03. The second-order valence-corrected chi connectivity index (χ2v) is 8.14. The van der Waals surface area contributed by atoms with E-state index >= 15 is 0 Å². The Balaban J connectivity index is 1.35. The molecule has 0 unspecified atom stereocenters. The van der Waals surface area contributed by atoms with E-state index in [2.05, 4.69) is 32.7 Å². The van der Waals surface area contributed by atoms with Crippen LogP contribution in [-0.4, -0.2) is 57.7 Å². The number of likely N-dealkylation sites (tertiary alicyclic amines) is 1. The average Bonchev–Trinajstić information content (AvgIpc) is 3.43. The molecule has 1 aliphatic heterocycles. The Hall–Kier alpha value is -3.04. The van der Waals surface area contributed by atoms with Crippen molar-refractivity contribution < 1.29 is 9.59 Å². The fourth-order valence-electron chi connectivity index (χ4n) is 3.22. The highest BCUT2D eigenvalue weighted by atomic mass is 32.1. The minimum Gasteiger partial charge on any atom is -0.349 e. The highest BCUT2D eigenvalue weighted by molar-refractivity contribution is 7.16. The summed E-state index contributed by atoms with van der Waals surface area (Å²) in [4.78, 5) is 32.2. The van der Waals surface area contributed by atoms with Gasteiger partial charge in [-0.2, -0.15) is 5.10 Å². The van der Waals surface area contributed by atoms with Crippen LogP contribution in [0.25, 0.3) is 5.69 Å². The number of carbonyl (C=O) groups is 2. The van der Waals surface area contributed by atoms with Crippen molar-refractivity contribution in [3.8, 4) is 5.69 Å². The molecule has 1 aliphatic rings. The molecule has 0 saturated carbocycles. The second kappa shape index (κ2) is 8.54. The Morgan fingerprint density at radius 2 is 1.72 bits per heavy atom. The van der Waals surface area contributed by atoms with Gasteiger partial charge in [0.25, 0.3) is 11.8 Å². The van der Waals surface area contributed by atoms with Gasteiger partial charge in [-0.05, 0) is 69.4 Å². The van der Waals surface area contributed by atoms with E-state index in [0.717, 1.165) is 31.6 Å². The van der Waals surface area contributed by atoms with E-state index < -0.39 is 0 Å². The number of carbonyl (C=O) groups excluding carboxylic acids is 2. The molecule has 3 heterocycles. The second-order valence-electron chi connectivity index (χ2n) is 7.06. The number of nitrogens with one attached hydrogen (secondary N) is 2. The summed E-state index contributed by atoms with van der Waals surface area (Å²) in [6, 6.07) is 10.9. The summed E-state index contributed by atoms with van der Waals surface area (Å²) in [6.07, 6.45) is 4.97. The van der Waals surface area contributed by atoms with Gasteiger partial charge in [-0.3, -0.25) is 9.59 Å². The van der Waals surface area contributed by atoms with Crippen molar-refractivity contribution >= 4 is 28.8 Å². The first-order chi connectivity index (χ1) is 14.1. The highest BCUT2D eigenvalue weighted by Gasteiger charge is 2.20. The lowest BCUT2D eigenvalue weighted by atomic mass is 10.1. The van der Waals surface area contributed by atoms with Gasteiger partial charge in [0.2, 0.25) is 0 Å². The molecule has 2 aromatic heterocycles. The molecule has 0 radical (unpaired) electrons. The number of thiophene rings is 1. The summed E-state index contributed by atoms with van der Waals surface area (Å²) in [7, 11) is 2.09. The first-order valence-corrected chi connectivity index (χ1v) is 10.3. The molecule has 9 heteroatoms. The summed E-state index contributed by atoms with van der Waals surface area (Å²) in [5, 5.41) is 10.0. The zero-order valence-corrected chi connectivity index (χ0v) is 16.9. The predicted molar refractivity (Wildman–Crippen MR) is 112 cm³/mol. The number of hydrogen-bond donors (Lipinski definition) is 2. The van der Waals surface area contributed by atoms with Gasteiger partial charge >= 0.3 is 0 Å². The van der Waals surface area contributed by atoms with E-state index in [1.54, 1.807) is 35.3 Å². The lowest BCUT2D eigenvalue weighted by Gasteiger charge is -2.29. The SMILES string of the molecule is CN1CCC(NC(=O)c2ccc(C(=O)Nc3ccc(-n4cncn4)cc3)s2)CC1. The lowest BCUT2D eigenvalue weighted by molar-refractivity contribution is 0.0920. The van der Waals surface area contributed by atoms with Crippen molar-refractivity contribution in [1.29, 1.82) is 0 Å². The zero-order valence-electron chi connectivity index (χ0n) is 16.0. The Morgan fingerprint density at radius 3 is 2.38 bits per heavy atom. The van der Waals surface area contributed by atoms with Gasteiger partial charge in [0.05, 0.1) is 15.4 Å². The number of amides is 2. The Bertz CT molecular complexity index is 975. The molecular formula is C20H22N6O2S. The number of aromatic nitrogens is 3. The Kier molecular flexibility index (Phi) is 5.68. The largest absolute Gasteiger partial charge is 0.349 e. The van der Waals surface area contributed by atoms with Gasteiger partial charge in [0.1, 0.15) is 12.7 Å². The fraction of sp³-hybridized carbons (Fsp3) is 0.300. The molecule has 1 aromatic carbocycles. The third-order valence-electron chi connectivity index (χ3n) is 4.92. The monoisotopic (exact) mass is 410 g/mol. The lowest BCUT2D eigenvalue weighted by Crippen LogP contribution is -2.43. The molecule has 150 valence electrons. The number of hydrogen-bond acceptors (Lipinski definition) is 6. The molecule has 29 heavy (non-hydrogen) atoms. The van der Waals surface area contributed by atoms with Gasteiger partial charge in [0.15, 0.2) is 0 Å². The number of rotatable bonds is 5. The van der Waals surface area contributed by atoms with Crippen molar-refractivity contribution in [1.82, 2.24) is 25.0 Å². The Morgan fingerprint density at radius 1 is 1.03 bits per heavy atom. The maximum Gasteiger partial charge on any atom is 0.265 e. The zero-order chi connectivity index (χ0) is 20.2. The van der Waals surface area contributed by atoms with Crippen LogP contribution in [0.15, 0.2) is 49.1 Å². The maximum absolute atomic E-state index is 12.5. The van der Waals surface area contributed by atoms with E-state index in [1.807, 2.05) is 12.1 Å². The van der Waals surface area contributed by atoms with Crippen LogP contribution >= 0.6 is 11.3 Å². The first kappa shape index (κ1) is 19.3. The van der Waals surface area contributed by atoms with Crippen molar-refractivity contribution in [3.05, 3.63) is 58.8 Å². The van der Waals surface area contributed by atoms with Crippen LogP contribution in [-0.2, 0) is 0 Å². The van der Waals surface area contributed by atoms with Crippen LogP contribution in [0.3, 0.4) is 0 Å². The quantitative estimate of drug-likeness (QED) is 0.674. The molecule has 1 fully saturated rings. The molecule has 0 aliphatic carbocycles. The minimum absolute atomic E-state index is 0.110. The van der Waals surface area contributed by atoms with Gasteiger partial charge < -0.3 is 15.5 Å². The maximum atomic E-state index is 12.5. The van der Waals surface area contributed by atoms with E-state index in [9.17, 15) is 9.59 Å². The average molecular weight is 411 g/mol. The highest BCUT2D eigenvalue weighted by Crippen LogP contribution is 2.20. The van der Waals surface area contributed by atoms with Crippen molar-refractivity contribution in [2.45, 2.75) is 18.9 Å². The first-order valence-electron chi connectivity index (χ1n) is 9.44.